The van der Waals surface area contributed by atoms with Gasteiger partial charge in [-0.2, -0.15) is 0 Å². The lowest BCUT2D eigenvalue weighted by molar-refractivity contribution is 0.202. The standard InChI is InChI=1S/C19H31O4P/c1-6-9-10-15-19(4,5)17-11-13-18(14-12-17)23-24(20,21-8-3)22-16-7-2/h7,11-14,16H,6,8-10,15H2,1-5H3. The molecule has 1 unspecified atom stereocenters. The van der Waals surface area contributed by atoms with E-state index >= 15 is 0 Å². The Morgan fingerprint density at radius 1 is 1.12 bits per heavy atom. The van der Waals surface area contributed by atoms with Crippen molar-refractivity contribution in [3.63, 3.8) is 0 Å². The monoisotopic (exact) mass is 354 g/mol. The van der Waals surface area contributed by atoms with Crippen LogP contribution in [0.1, 0.15) is 65.9 Å². The first-order valence-corrected chi connectivity index (χ1v) is 10.2. The van der Waals surface area contributed by atoms with E-state index in [4.69, 9.17) is 13.6 Å². The molecule has 0 bridgehead atoms. The van der Waals surface area contributed by atoms with Crippen LogP contribution < -0.4 is 4.52 Å². The Morgan fingerprint density at radius 3 is 2.33 bits per heavy atom. The van der Waals surface area contributed by atoms with Gasteiger partial charge in [0.05, 0.1) is 12.9 Å². The van der Waals surface area contributed by atoms with Crippen molar-refractivity contribution < 1.29 is 18.1 Å². The Hall–Kier alpha value is -1.25. The number of phosphoric ester groups is 1. The number of hydrogen-bond acceptors (Lipinski definition) is 4. The summed E-state index contributed by atoms with van der Waals surface area (Å²) in [5.41, 5.74) is 1.35. The third-order valence-electron chi connectivity index (χ3n) is 3.87. The maximum Gasteiger partial charge on any atom is 0.586 e. The molecule has 0 aliphatic rings. The highest BCUT2D eigenvalue weighted by Gasteiger charge is 2.28. The number of hydrogen-bond donors (Lipinski definition) is 0. The maximum absolute atomic E-state index is 12.5. The quantitative estimate of drug-likeness (QED) is 0.254. The van der Waals surface area contributed by atoms with Crippen LogP contribution in [0.5, 0.6) is 5.75 Å². The SMILES string of the molecule is CC=COP(=O)(OCC)Oc1ccc(C(C)(C)CCCCC)cc1. The van der Waals surface area contributed by atoms with Gasteiger partial charge in [0.2, 0.25) is 0 Å². The first kappa shape index (κ1) is 20.8. The Kier molecular flexibility index (Phi) is 8.58. The molecule has 0 radical (unpaired) electrons. The second kappa shape index (κ2) is 9.90. The zero-order valence-electron chi connectivity index (χ0n) is 15.6. The van der Waals surface area contributed by atoms with E-state index < -0.39 is 7.82 Å². The number of rotatable bonds is 11. The first-order valence-electron chi connectivity index (χ1n) is 8.71. The fourth-order valence-electron chi connectivity index (χ4n) is 2.43. The summed E-state index contributed by atoms with van der Waals surface area (Å²) in [7, 11) is -3.62. The van der Waals surface area contributed by atoms with Crippen LogP contribution in [0.25, 0.3) is 0 Å². The lowest BCUT2D eigenvalue weighted by Crippen LogP contribution is -2.16. The average molecular weight is 354 g/mol. The number of benzene rings is 1. The molecule has 1 aromatic carbocycles. The molecule has 0 aromatic heterocycles. The largest absolute Gasteiger partial charge is 0.586 e. The summed E-state index contributed by atoms with van der Waals surface area (Å²) in [4.78, 5) is 0. The molecule has 5 heteroatoms. The molecular formula is C19H31O4P. The van der Waals surface area contributed by atoms with E-state index in [1.807, 2.05) is 24.3 Å². The topological polar surface area (TPSA) is 44.8 Å². The summed E-state index contributed by atoms with van der Waals surface area (Å²) in [6, 6.07) is 7.68. The van der Waals surface area contributed by atoms with Crippen LogP contribution in [-0.4, -0.2) is 6.61 Å². The molecule has 0 fully saturated rings. The van der Waals surface area contributed by atoms with Gasteiger partial charge < -0.3 is 9.05 Å². The average Bonchev–Trinajstić information content (AvgIpc) is 2.54. The Bertz CT molecular complexity index is 549. The second-order valence-electron chi connectivity index (χ2n) is 6.40. The smallest absolute Gasteiger partial charge is 0.403 e. The molecule has 0 saturated carbocycles. The van der Waals surface area contributed by atoms with Crippen molar-refractivity contribution in [3.05, 3.63) is 42.2 Å². The molecule has 0 aliphatic heterocycles. The zero-order valence-corrected chi connectivity index (χ0v) is 16.5. The van der Waals surface area contributed by atoms with E-state index in [9.17, 15) is 4.57 Å². The first-order chi connectivity index (χ1) is 11.4. The van der Waals surface area contributed by atoms with Gasteiger partial charge in [-0.05, 0) is 43.4 Å². The normalized spacial score (nSPS) is 14.5. The van der Waals surface area contributed by atoms with Crippen molar-refractivity contribution in [1.29, 1.82) is 0 Å². The molecule has 1 rings (SSSR count). The fraction of sp³-hybridized carbons (Fsp3) is 0.579. The van der Waals surface area contributed by atoms with Crippen molar-refractivity contribution in [2.45, 2.75) is 65.7 Å². The van der Waals surface area contributed by atoms with Gasteiger partial charge in [0.25, 0.3) is 0 Å². The lowest BCUT2D eigenvalue weighted by Gasteiger charge is -2.25. The van der Waals surface area contributed by atoms with E-state index in [0.717, 1.165) is 6.42 Å². The zero-order chi connectivity index (χ0) is 18.1. The van der Waals surface area contributed by atoms with Gasteiger partial charge in [0.1, 0.15) is 5.75 Å². The molecule has 4 nitrogen and oxygen atoms in total. The summed E-state index contributed by atoms with van der Waals surface area (Å²) >= 11 is 0. The van der Waals surface area contributed by atoms with Gasteiger partial charge >= 0.3 is 7.82 Å². The molecule has 0 amide bonds. The predicted molar refractivity (Wildman–Crippen MR) is 99.4 cm³/mol. The summed E-state index contributed by atoms with van der Waals surface area (Å²) in [5.74, 6) is 0.476. The highest BCUT2D eigenvalue weighted by molar-refractivity contribution is 7.49. The van der Waals surface area contributed by atoms with Gasteiger partial charge in [-0.15, -0.1) is 0 Å². The van der Waals surface area contributed by atoms with Gasteiger partial charge in [-0.3, -0.25) is 4.52 Å². The van der Waals surface area contributed by atoms with Gasteiger partial charge in [0.15, 0.2) is 0 Å². The molecule has 1 atom stereocenters. The third kappa shape index (κ3) is 6.70. The summed E-state index contributed by atoms with van der Waals surface area (Å²) in [5, 5.41) is 0. The van der Waals surface area contributed by atoms with Crippen molar-refractivity contribution >= 4 is 7.82 Å². The van der Waals surface area contributed by atoms with Gasteiger partial charge in [-0.1, -0.05) is 58.2 Å². The van der Waals surface area contributed by atoms with E-state index in [1.54, 1.807) is 19.9 Å². The van der Waals surface area contributed by atoms with E-state index in [0.29, 0.717) is 5.75 Å². The number of unbranched alkanes of at least 4 members (excludes halogenated alkanes) is 2. The molecule has 1 aromatic rings. The highest BCUT2D eigenvalue weighted by atomic mass is 31.2. The molecule has 0 heterocycles. The van der Waals surface area contributed by atoms with E-state index in [2.05, 4.69) is 20.8 Å². The van der Waals surface area contributed by atoms with Gasteiger partial charge in [0, 0.05) is 0 Å². The van der Waals surface area contributed by atoms with Crippen LogP contribution in [0.2, 0.25) is 0 Å². The highest BCUT2D eigenvalue weighted by Crippen LogP contribution is 2.49. The fourth-order valence-corrected chi connectivity index (χ4v) is 3.55. The molecule has 0 N–H and O–H groups in total. The lowest BCUT2D eigenvalue weighted by atomic mass is 9.80. The summed E-state index contributed by atoms with van der Waals surface area (Å²) < 4.78 is 28.2. The number of phosphoric acid groups is 1. The van der Waals surface area contributed by atoms with Crippen molar-refractivity contribution in [1.82, 2.24) is 0 Å². The molecule has 136 valence electrons. The minimum absolute atomic E-state index is 0.110. The van der Waals surface area contributed by atoms with Crippen LogP contribution in [0.15, 0.2) is 36.6 Å². The predicted octanol–water partition coefficient (Wildman–Crippen LogP) is 6.62. The molecule has 0 saturated heterocycles. The molecule has 0 spiro atoms. The summed E-state index contributed by atoms with van der Waals surface area (Å²) in [6.45, 7) is 10.5. The Balaban J connectivity index is 2.80. The summed E-state index contributed by atoms with van der Waals surface area (Å²) in [6.07, 6.45) is 7.80. The van der Waals surface area contributed by atoms with E-state index in [1.165, 1.54) is 31.1 Å². The molecular weight excluding hydrogens is 323 g/mol. The molecule has 24 heavy (non-hydrogen) atoms. The van der Waals surface area contributed by atoms with Crippen LogP contribution in [-0.2, 0) is 19.0 Å². The number of allylic oxidation sites excluding steroid dienone is 1. The van der Waals surface area contributed by atoms with Crippen LogP contribution >= 0.6 is 7.82 Å². The van der Waals surface area contributed by atoms with Gasteiger partial charge in [-0.25, -0.2) is 4.57 Å². The minimum atomic E-state index is -3.62. The van der Waals surface area contributed by atoms with Crippen molar-refractivity contribution in [3.8, 4) is 5.75 Å². The van der Waals surface area contributed by atoms with Crippen molar-refractivity contribution in [2.24, 2.45) is 0 Å². The second-order valence-corrected chi connectivity index (χ2v) is 7.94. The van der Waals surface area contributed by atoms with Crippen LogP contribution in [0.3, 0.4) is 0 Å². The third-order valence-corrected chi connectivity index (χ3v) is 5.26. The Labute approximate surface area is 146 Å². The van der Waals surface area contributed by atoms with Crippen LogP contribution in [0, 0.1) is 0 Å². The maximum atomic E-state index is 12.5. The van der Waals surface area contributed by atoms with E-state index in [-0.39, 0.29) is 12.0 Å². The Morgan fingerprint density at radius 2 is 1.79 bits per heavy atom. The molecule has 0 aliphatic carbocycles. The minimum Gasteiger partial charge on any atom is -0.403 e. The van der Waals surface area contributed by atoms with Crippen molar-refractivity contribution in [2.75, 3.05) is 6.61 Å². The van der Waals surface area contributed by atoms with Crippen LogP contribution in [0.4, 0.5) is 0 Å².